The van der Waals surface area contributed by atoms with Gasteiger partial charge in [-0.05, 0) is 40.0 Å². The van der Waals surface area contributed by atoms with E-state index in [0.717, 1.165) is 12.0 Å². The first-order chi connectivity index (χ1) is 8.54. The van der Waals surface area contributed by atoms with E-state index >= 15 is 0 Å². The number of likely N-dealkylation sites (tertiary alicyclic amines) is 1. The van der Waals surface area contributed by atoms with Crippen LogP contribution in [0.3, 0.4) is 0 Å². The van der Waals surface area contributed by atoms with Crippen LogP contribution in [0.1, 0.15) is 31.4 Å². The summed E-state index contributed by atoms with van der Waals surface area (Å²) in [7, 11) is 0. The highest BCUT2D eigenvalue weighted by molar-refractivity contribution is 9.10. The lowest BCUT2D eigenvalue weighted by Crippen LogP contribution is -2.33. The van der Waals surface area contributed by atoms with Crippen molar-refractivity contribution in [3.63, 3.8) is 0 Å². The molecule has 1 aromatic rings. The summed E-state index contributed by atoms with van der Waals surface area (Å²) in [6.45, 7) is 2.71. The van der Waals surface area contributed by atoms with E-state index in [1.54, 1.807) is 17.0 Å². The zero-order valence-electron chi connectivity index (χ0n) is 10.2. The van der Waals surface area contributed by atoms with E-state index in [1.165, 1.54) is 6.07 Å². The van der Waals surface area contributed by atoms with Crippen molar-refractivity contribution in [2.45, 2.75) is 31.8 Å². The smallest absolute Gasteiger partial charge is 0.224 e. The first-order valence-corrected chi connectivity index (χ1v) is 6.84. The van der Waals surface area contributed by atoms with Gasteiger partial charge in [0.05, 0.1) is 10.5 Å². The molecule has 1 heterocycles. The summed E-state index contributed by atoms with van der Waals surface area (Å²) in [6.07, 6.45) is 1.25. The van der Waals surface area contributed by atoms with Crippen molar-refractivity contribution in [3.05, 3.63) is 34.1 Å². The predicted octanol–water partition coefficient (Wildman–Crippen LogP) is 2.60. The van der Waals surface area contributed by atoms with Crippen LogP contribution < -0.4 is 5.73 Å². The minimum Gasteiger partial charge on any atom is -0.334 e. The molecular formula is C13H16BrFN2O. The Morgan fingerprint density at radius 2 is 2.28 bits per heavy atom. The van der Waals surface area contributed by atoms with E-state index in [1.807, 2.05) is 6.92 Å². The van der Waals surface area contributed by atoms with Gasteiger partial charge in [-0.1, -0.05) is 13.0 Å². The maximum absolute atomic E-state index is 13.2. The van der Waals surface area contributed by atoms with Gasteiger partial charge in [0.15, 0.2) is 0 Å². The van der Waals surface area contributed by atoms with Gasteiger partial charge in [0.1, 0.15) is 5.82 Å². The van der Waals surface area contributed by atoms with E-state index in [0.29, 0.717) is 17.4 Å². The van der Waals surface area contributed by atoms with Crippen LogP contribution in [0, 0.1) is 5.82 Å². The summed E-state index contributed by atoms with van der Waals surface area (Å²) in [5.74, 6) is -0.228. The molecule has 0 aliphatic carbocycles. The van der Waals surface area contributed by atoms with Gasteiger partial charge in [0, 0.05) is 19.0 Å². The molecule has 2 unspecified atom stereocenters. The molecule has 3 nitrogen and oxygen atoms in total. The topological polar surface area (TPSA) is 46.3 Å². The maximum Gasteiger partial charge on any atom is 0.224 e. The Morgan fingerprint density at radius 3 is 2.89 bits per heavy atom. The Labute approximate surface area is 114 Å². The number of carbonyl (C=O) groups is 1. The highest BCUT2D eigenvalue weighted by Gasteiger charge is 2.38. The summed E-state index contributed by atoms with van der Waals surface area (Å²) in [6, 6.07) is 4.45. The second kappa shape index (κ2) is 5.36. The second-order valence-electron chi connectivity index (χ2n) is 4.57. The largest absolute Gasteiger partial charge is 0.334 e. The Bertz CT molecular complexity index is 466. The van der Waals surface area contributed by atoms with Gasteiger partial charge in [-0.15, -0.1) is 0 Å². The molecule has 2 N–H and O–H groups in total. The molecule has 1 amide bonds. The van der Waals surface area contributed by atoms with E-state index in [4.69, 9.17) is 5.73 Å². The molecule has 0 spiro atoms. The average molecular weight is 315 g/mol. The number of rotatable bonds is 3. The zero-order valence-corrected chi connectivity index (χ0v) is 11.8. The van der Waals surface area contributed by atoms with Gasteiger partial charge in [0.2, 0.25) is 5.91 Å². The fourth-order valence-electron chi connectivity index (χ4n) is 2.44. The van der Waals surface area contributed by atoms with Crippen LogP contribution in [-0.4, -0.2) is 23.4 Å². The predicted molar refractivity (Wildman–Crippen MR) is 71.4 cm³/mol. The quantitative estimate of drug-likeness (QED) is 0.932. The van der Waals surface area contributed by atoms with Crippen LogP contribution in [0.25, 0.3) is 0 Å². The zero-order chi connectivity index (χ0) is 13.3. The minimum absolute atomic E-state index is 0.0785. The van der Waals surface area contributed by atoms with Gasteiger partial charge in [-0.3, -0.25) is 4.79 Å². The third kappa shape index (κ3) is 2.42. The van der Waals surface area contributed by atoms with E-state index in [-0.39, 0.29) is 23.8 Å². The second-order valence-corrected chi connectivity index (χ2v) is 5.43. The monoisotopic (exact) mass is 314 g/mol. The fourth-order valence-corrected chi connectivity index (χ4v) is 2.84. The molecule has 1 saturated heterocycles. The van der Waals surface area contributed by atoms with E-state index < -0.39 is 0 Å². The Kier molecular flexibility index (Phi) is 4.02. The van der Waals surface area contributed by atoms with Gasteiger partial charge >= 0.3 is 0 Å². The van der Waals surface area contributed by atoms with Gasteiger partial charge in [-0.25, -0.2) is 4.39 Å². The van der Waals surface area contributed by atoms with Gasteiger partial charge in [-0.2, -0.15) is 0 Å². The van der Waals surface area contributed by atoms with Crippen LogP contribution >= 0.6 is 15.9 Å². The standard InChI is InChI=1S/C13H16BrFN2O/c1-2-5-17-12(18)7-11(16)13(17)8-3-4-10(15)9(14)6-8/h3-4,6,11,13H,2,5,7,16H2,1H3. The average Bonchev–Trinajstić information content (AvgIpc) is 2.59. The molecule has 0 saturated carbocycles. The third-order valence-electron chi connectivity index (χ3n) is 3.22. The van der Waals surface area contributed by atoms with E-state index in [2.05, 4.69) is 15.9 Å². The molecule has 98 valence electrons. The summed E-state index contributed by atoms with van der Waals surface area (Å²) >= 11 is 3.17. The van der Waals surface area contributed by atoms with Crippen molar-refractivity contribution in [3.8, 4) is 0 Å². The van der Waals surface area contributed by atoms with E-state index in [9.17, 15) is 9.18 Å². The lowest BCUT2D eigenvalue weighted by Gasteiger charge is -2.27. The molecule has 0 radical (unpaired) electrons. The fraction of sp³-hybridized carbons (Fsp3) is 0.462. The molecule has 1 aliphatic rings. The maximum atomic E-state index is 13.2. The van der Waals surface area contributed by atoms with Crippen LogP contribution in [-0.2, 0) is 4.79 Å². The van der Waals surface area contributed by atoms with Crippen molar-refractivity contribution < 1.29 is 9.18 Å². The number of nitrogens with two attached hydrogens (primary N) is 1. The first-order valence-electron chi connectivity index (χ1n) is 6.04. The summed E-state index contributed by atoms with van der Waals surface area (Å²) in [4.78, 5) is 13.7. The number of carbonyl (C=O) groups excluding carboxylic acids is 1. The lowest BCUT2D eigenvalue weighted by atomic mass is 10.0. The number of amides is 1. The van der Waals surface area contributed by atoms with Crippen LogP contribution in [0.2, 0.25) is 0 Å². The first kappa shape index (κ1) is 13.5. The molecule has 18 heavy (non-hydrogen) atoms. The van der Waals surface area contributed by atoms with Crippen LogP contribution in [0.5, 0.6) is 0 Å². The molecule has 2 rings (SSSR count). The number of nitrogens with zero attached hydrogens (tertiary/aromatic N) is 1. The minimum atomic E-state index is -0.307. The van der Waals surface area contributed by atoms with Crippen LogP contribution in [0.15, 0.2) is 22.7 Å². The third-order valence-corrected chi connectivity index (χ3v) is 3.83. The number of hydrogen-bond acceptors (Lipinski definition) is 2. The summed E-state index contributed by atoms with van der Waals surface area (Å²) in [5.41, 5.74) is 6.92. The van der Waals surface area contributed by atoms with Gasteiger partial charge < -0.3 is 10.6 Å². The molecule has 1 fully saturated rings. The van der Waals surface area contributed by atoms with Crippen molar-refractivity contribution in [2.24, 2.45) is 5.73 Å². The molecule has 0 bridgehead atoms. The highest BCUT2D eigenvalue weighted by Crippen LogP contribution is 2.33. The summed E-state index contributed by atoms with van der Waals surface area (Å²) in [5, 5.41) is 0. The van der Waals surface area contributed by atoms with Gasteiger partial charge in [0.25, 0.3) is 0 Å². The Balaban J connectivity index is 2.34. The Hall–Kier alpha value is -0.940. The number of halogens is 2. The lowest BCUT2D eigenvalue weighted by molar-refractivity contribution is -0.129. The number of hydrogen-bond donors (Lipinski definition) is 1. The van der Waals surface area contributed by atoms with Crippen molar-refractivity contribution in [1.82, 2.24) is 4.90 Å². The normalized spacial score (nSPS) is 23.8. The summed E-state index contributed by atoms with van der Waals surface area (Å²) < 4.78 is 13.7. The molecule has 1 aliphatic heterocycles. The van der Waals surface area contributed by atoms with Crippen LogP contribution in [0.4, 0.5) is 4.39 Å². The molecular weight excluding hydrogens is 299 g/mol. The Morgan fingerprint density at radius 1 is 1.56 bits per heavy atom. The van der Waals surface area contributed by atoms with Crippen molar-refractivity contribution in [1.29, 1.82) is 0 Å². The molecule has 2 atom stereocenters. The van der Waals surface area contributed by atoms with Crippen molar-refractivity contribution >= 4 is 21.8 Å². The molecule has 5 heteroatoms. The number of benzene rings is 1. The molecule has 1 aromatic carbocycles. The van der Waals surface area contributed by atoms with Crippen molar-refractivity contribution in [2.75, 3.05) is 6.54 Å². The molecule has 0 aromatic heterocycles. The SMILES string of the molecule is CCCN1C(=O)CC(N)C1c1ccc(F)c(Br)c1. The highest BCUT2D eigenvalue weighted by atomic mass is 79.9.